The van der Waals surface area contributed by atoms with Crippen LogP contribution in [-0.4, -0.2) is 48.5 Å². The van der Waals surface area contributed by atoms with Gasteiger partial charge in [0.05, 0.1) is 30.1 Å². The van der Waals surface area contributed by atoms with Gasteiger partial charge < -0.3 is 14.6 Å². The Hall–Kier alpha value is -1.67. The van der Waals surface area contributed by atoms with E-state index in [4.69, 9.17) is 26.2 Å². The van der Waals surface area contributed by atoms with Gasteiger partial charge in [-0.15, -0.1) is 0 Å². The number of ether oxygens (including phenoxy) is 2. The maximum atomic E-state index is 13.1. The third-order valence-corrected chi connectivity index (χ3v) is 4.68. The zero-order chi connectivity index (χ0) is 18.2. The molecule has 2 atom stereocenters. The molecule has 1 N–H and O–H groups in total. The fourth-order valence-corrected chi connectivity index (χ4v) is 3.52. The van der Waals surface area contributed by atoms with Crippen molar-refractivity contribution in [1.82, 2.24) is 4.90 Å². The number of rotatable bonds is 3. The highest BCUT2D eigenvalue weighted by Gasteiger charge is 2.52. The molecule has 0 unspecified atom stereocenters. The van der Waals surface area contributed by atoms with E-state index in [2.05, 4.69) is 0 Å². The second-order valence-corrected chi connectivity index (χ2v) is 6.65. The summed E-state index contributed by atoms with van der Waals surface area (Å²) < 4.78 is 50.3. The first-order valence-electron chi connectivity index (χ1n) is 7.85. The van der Waals surface area contributed by atoms with Gasteiger partial charge in [-0.25, -0.2) is 0 Å². The Labute approximate surface area is 147 Å². The van der Waals surface area contributed by atoms with Crippen LogP contribution in [0.2, 0.25) is 5.02 Å². The number of likely N-dealkylation sites (tertiary alicyclic amines) is 1. The van der Waals surface area contributed by atoms with E-state index < -0.39 is 24.0 Å². The zero-order valence-corrected chi connectivity index (χ0v) is 13.9. The lowest BCUT2D eigenvalue weighted by atomic mass is 9.96. The van der Waals surface area contributed by atoms with E-state index in [1.165, 1.54) is 4.90 Å². The Balaban J connectivity index is 1.78. The van der Waals surface area contributed by atoms with Gasteiger partial charge in [0.15, 0.2) is 11.5 Å². The van der Waals surface area contributed by atoms with E-state index in [0.717, 1.165) is 0 Å². The highest BCUT2D eigenvalue weighted by Crippen LogP contribution is 2.40. The number of carboxylic acids is 1. The summed E-state index contributed by atoms with van der Waals surface area (Å²) >= 11 is 6.19. The predicted molar refractivity (Wildman–Crippen MR) is 83.0 cm³/mol. The summed E-state index contributed by atoms with van der Waals surface area (Å²) in [4.78, 5) is 12.6. The number of hydrogen-bond acceptors (Lipinski definition) is 4. The summed E-state index contributed by atoms with van der Waals surface area (Å²) in [6, 6.07) is 3.30. The van der Waals surface area contributed by atoms with Gasteiger partial charge in [-0.3, -0.25) is 9.69 Å². The molecule has 0 amide bonds. The molecule has 9 heteroatoms. The van der Waals surface area contributed by atoms with Crippen LogP contribution in [0.15, 0.2) is 12.1 Å². The summed E-state index contributed by atoms with van der Waals surface area (Å²) in [5.74, 6) is -3.87. The van der Waals surface area contributed by atoms with E-state index in [-0.39, 0.29) is 19.6 Å². The molecule has 5 nitrogen and oxygen atoms in total. The van der Waals surface area contributed by atoms with E-state index in [1.807, 2.05) is 0 Å². The van der Waals surface area contributed by atoms with Gasteiger partial charge >= 0.3 is 12.1 Å². The Kier molecular flexibility index (Phi) is 5.02. The summed E-state index contributed by atoms with van der Waals surface area (Å²) in [6.07, 6.45) is -3.83. The smallest absolute Gasteiger partial charge is 0.393 e. The first kappa shape index (κ1) is 18.1. The average molecular weight is 380 g/mol. The molecule has 0 saturated carbocycles. The van der Waals surface area contributed by atoms with Crippen LogP contribution in [0.1, 0.15) is 12.0 Å². The first-order valence-corrected chi connectivity index (χ1v) is 8.23. The van der Waals surface area contributed by atoms with Crippen LogP contribution in [-0.2, 0) is 11.3 Å². The van der Waals surface area contributed by atoms with Crippen LogP contribution in [0, 0.1) is 11.8 Å². The number of alkyl halides is 3. The molecule has 3 rings (SSSR count). The lowest BCUT2D eigenvalue weighted by Gasteiger charge is -2.19. The molecule has 0 spiro atoms. The molecule has 1 saturated heterocycles. The van der Waals surface area contributed by atoms with Gasteiger partial charge in [0.1, 0.15) is 0 Å². The van der Waals surface area contributed by atoms with Gasteiger partial charge in [0.2, 0.25) is 0 Å². The van der Waals surface area contributed by atoms with Crippen LogP contribution in [0.5, 0.6) is 11.5 Å². The third kappa shape index (κ3) is 3.95. The lowest BCUT2D eigenvalue weighted by molar-refractivity contribution is -0.188. The Morgan fingerprint density at radius 3 is 2.64 bits per heavy atom. The average Bonchev–Trinajstić information content (AvgIpc) is 2.79. The second-order valence-electron chi connectivity index (χ2n) is 6.24. The molecular formula is C16H17ClF3NO4. The third-order valence-electron chi connectivity index (χ3n) is 4.40. The summed E-state index contributed by atoms with van der Waals surface area (Å²) in [5, 5.41) is 9.41. The molecule has 1 aromatic carbocycles. The second kappa shape index (κ2) is 6.92. The zero-order valence-electron chi connectivity index (χ0n) is 13.2. The molecule has 138 valence electrons. The van der Waals surface area contributed by atoms with Crippen molar-refractivity contribution >= 4 is 17.6 Å². The minimum atomic E-state index is -4.54. The van der Waals surface area contributed by atoms with Crippen LogP contribution in [0.3, 0.4) is 0 Å². The molecule has 0 radical (unpaired) electrons. The van der Waals surface area contributed by atoms with Crippen LogP contribution in [0.25, 0.3) is 0 Å². The summed E-state index contributed by atoms with van der Waals surface area (Å²) in [5.41, 5.74) is 0.654. The maximum absolute atomic E-state index is 13.1. The number of benzene rings is 1. The minimum absolute atomic E-state index is 0.159. The largest absolute Gasteiger partial charge is 0.489 e. The van der Waals surface area contributed by atoms with Gasteiger partial charge in [-0.2, -0.15) is 13.2 Å². The monoisotopic (exact) mass is 379 g/mol. The van der Waals surface area contributed by atoms with Crippen molar-refractivity contribution in [2.24, 2.45) is 11.8 Å². The van der Waals surface area contributed by atoms with Crippen molar-refractivity contribution in [3.05, 3.63) is 22.7 Å². The van der Waals surface area contributed by atoms with Crippen molar-refractivity contribution in [2.75, 3.05) is 26.3 Å². The SMILES string of the molecule is O=C(O)[C@@H]1CN(Cc2cc(Cl)c3c(c2)OCCCO3)C[C@H]1C(F)(F)F. The number of fused-ring (bicyclic) bond motifs is 1. The first-order chi connectivity index (χ1) is 11.8. The molecule has 2 aliphatic rings. The predicted octanol–water partition coefficient (Wildman–Crippen LogP) is 3.20. The van der Waals surface area contributed by atoms with Crippen molar-refractivity contribution in [1.29, 1.82) is 0 Å². The van der Waals surface area contributed by atoms with Gasteiger partial charge in [-0.1, -0.05) is 11.6 Å². The molecule has 2 aliphatic heterocycles. The fraction of sp³-hybridized carbons (Fsp3) is 0.562. The summed E-state index contributed by atoms with van der Waals surface area (Å²) in [6.45, 7) is 0.588. The Bertz CT molecular complexity index is 668. The number of carbonyl (C=O) groups is 1. The van der Waals surface area contributed by atoms with E-state index in [9.17, 15) is 18.0 Å². The van der Waals surface area contributed by atoms with Gasteiger partial charge in [-0.05, 0) is 17.7 Å². The van der Waals surface area contributed by atoms with E-state index in [0.29, 0.717) is 41.7 Å². The fourth-order valence-electron chi connectivity index (χ4n) is 3.23. The number of nitrogens with zero attached hydrogens (tertiary/aromatic N) is 1. The number of carboxylic acid groups (broad SMARTS) is 1. The molecule has 0 aromatic heterocycles. The van der Waals surface area contributed by atoms with Crippen LogP contribution in [0.4, 0.5) is 13.2 Å². The molecule has 1 aromatic rings. The van der Waals surface area contributed by atoms with Crippen LogP contribution >= 0.6 is 11.6 Å². The van der Waals surface area contributed by atoms with Crippen molar-refractivity contribution in [3.63, 3.8) is 0 Å². The lowest BCUT2D eigenvalue weighted by Crippen LogP contribution is -2.33. The van der Waals surface area contributed by atoms with Crippen molar-refractivity contribution in [3.8, 4) is 11.5 Å². The van der Waals surface area contributed by atoms with Crippen LogP contribution < -0.4 is 9.47 Å². The van der Waals surface area contributed by atoms with E-state index in [1.54, 1.807) is 12.1 Å². The standard InChI is InChI=1S/C16H17ClF3NO4/c17-12-4-9(5-13-14(12)25-3-1-2-24-13)6-21-7-10(15(22)23)11(8-21)16(18,19)20/h4-5,10-11H,1-3,6-8H2,(H,22,23)/t10-,11-/m1/s1. The number of halogens is 4. The molecule has 1 fully saturated rings. The normalized spacial score (nSPS) is 24.2. The molecule has 25 heavy (non-hydrogen) atoms. The van der Waals surface area contributed by atoms with Gasteiger partial charge in [0, 0.05) is 26.1 Å². The molecular weight excluding hydrogens is 363 g/mol. The summed E-state index contributed by atoms with van der Waals surface area (Å²) in [7, 11) is 0. The number of hydrogen-bond donors (Lipinski definition) is 1. The highest BCUT2D eigenvalue weighted by molar-refractivity contribution is 6.32. The Morgan fingerprint density at radius 2 is 2.00 bits per heavy atom. The Morgan fingerprint density at radius 1 is 1.28 bits per heavy atom. The molecule has 0 aliphatic carbocycles. The van der Waals surface area contributed by atoms with Crippen molar-refractivity contribution < 1.29 is 32.5 Å². The topological polar surface area (TPSA) is 59.0 Å². The molecule has 2 heterocycles. The maximum Gasteiger partial charge on any atom is 0.393 e. The van der Waals surface area contributed by atoms with E-state index >= 15 is 0 Å². The van der Waals surface area contributed by atoms with Gasteiger partial charge in [0.25, 0.3) is 0 Å². The highest BCUT2D eigenvalue weighted by atomic mass is 35.5. The molecule has 0 bridgehead atoms. The number of aliphatic carboxylic acids is 1. The van der Waals surface area contributed by atoms with Crippen molar-refractivity contribution in [2.45, 2.75) is 19.1 Å². The quantitative estimate of drug-likeness (QED) is 0.874. The minimum Gasteiger partial charge on any atom is -0.489 e.